The van der Waals surface area contributed by atoms with Crippen LogP contribution in [0.1, 0.15) is 43.8 Å². The minimum absolute atomic E-state index is 0.117. The Morgan fingerprint density at radius 2 is 2.17 bits per heavy atom. The van der Waals surface area contributed by atoms with E-state index in [2.05, 4.69) is 0 Å². The number of hydrogen-bond donors (Lipinski definition) is 1. The molecule has 4 unspecified atom stereocenters. The van der Waals surface area contributed by atoms with E-state index < -0.39 is 11.9 Å². The third-order valence-electron chi connectivity index (χ3n) is 4.74. The quantitative estimate of drug-likeness (QED) is 0.865. The van der Waals surface area contributed by atoms with E-state index in [-0.39, 0.29) is 5.02 Å². The fourth-order valence-electron chi connectivity index (χ4n) is 3.81. The lowest BCUT2D eigenvalue weighted by atomic mass is 9.83. The smallest absolute Gasteiger partial charge is 0.142 e. The standard InChI is InChI=1S/C15H18ClFO/c16-13-4-3-11(7-14(13)17)15(18)8-12-6-9-1-2-10(12)5-9/h3-4,7,9-10,12,15,18H,1-2,5-6,8H2. The van der Waals surface area contributed by atoms with Gasteiger partial charge in [0.2, 0.25) is 0 Å². The van der Waals surface area contributed by atoms with Gasteiger partial charge in [-0.3, -0.25) is 0 Å². The van der Waals surface area contributed by atoms with Gasteiger partial charge in [-0.05, 0) is 61.1 Å². The van der Waals surface area contributed by atoms with E-state index in [1.807, 2.05) is 0 Å². The first-order valence-electron chi connectivity index (χ1n) is 6.76. The van der Waals surface area contributed by atoms with Crippen molar-refractivity contribution in [3.63, 3.8) is 0 Å². The largest absolute Gasteiger partial charge is 0.388 e. The van der Waals surface area contributed by atoms with Crippen LogP contribution in [-0.2, 0) is 0 Å². The van der Waals surface area contributed by atoms with Crippen LogP contribution in [0.15, 0.2) is 18.2 Å². The minimum atomic E-state index is -0.555. The summed E-state index contributed by atoms with van der Waals surface area (Å²) in [5.74, 6) is 1.86. The number of hydrogen-bond acceptors (Lipinski definition) is 1. The van der Waals surface area contributed by atoms with Crippen molar-refractivity contribution in [3.8, 4) is 0 Å². The van der Waals surface area contributed by atoms with E-state index >= 15 is 0 Å². The molecular weight excluding hydrogens is 251 g/mol. The molecule has 4 atom stereocenters. The first-order valence-corrected chi connectivity index (χ1v) is 7.14. The van der Waals surface area contributed by atoms with Crippen molar-refractivity contribution in [1.29, 1.82) is 0 Å². The molecule has 1 aromatic carbocycles. The molecule has 1 nitrogen and oxygen atoms in total. The monoisotopic (exact) mass is 268 g/mol. The van der Waals surface area contributed by atoms with Crippen molar-refractivity contribution < 1.29 is 9.50 Å². The van der Waals surface area contributed by atoms with Crippen molar-refractivity contribution in [3.05, 3.63) is 34.6 Å². The maximum Gasteiger partial charge on any atom is 0.142 e. The number of benzene rings is 1. The molecule has 2 bridgehead atoms. The molecule has 0 radical (unpaired) electrons. The average molecular weight is 269 g/mol. The van der Waals surface area contributed by atoms with Crippen LogP contribution in [0, 0.1) is 23.6 Å². The van der Waals surface area contributed by atoms with Crippen molar-refractivity contribution in [2.24, 2.45) is 17.8 Å². The lowest BCUT2D eigenvalue weighted by molar-refractivity contribution is 0.125. The van der Waals surface area contributed by atoms with E-state index in [1.54, 1.807) is 6.07 Å². The van der Waals surface area contributed by atoms with Gasteiger partial charge in [0, 0.05) is 0 Å². The van der Waals surface area contributed by atoms with Gasteiger partial charge in [0.25, 0.3) is 0 Å². The first-order chi connectivity index (χ1) is 8.63. The van der Waals surface area contributed by atoms with E-state index in [1.165, 1.54) is 37.8 Å². The molecule has 0 spiro atoms. The number of aliphatic hydroxyl groups is 1. The van der Waals surface area contributed by atoms with Crippen molar-refractivity contribution in [1.82, 2.24) is 0 Å². The van der Waals surface area contributed by atoms with Gasteiger partial charge in [0.1, 0.15) is 5.82 Å². The van der Waals surface area contributed by atoms with Crippen LogP contribution in [0.4, 0.5) is 4.39 Å². The Kier molecular flexibility index (Phi) is 3.33. The molecule has 0 heterocycles. The van der Waals surface area contributed by atoms with Gasteiger partial charge in [0.05, 0.1) is 11.1 Å². The third-order valence-corrected chi connectivity index (χ3v) is 5.05. The summed E-state index contributed by atoms with van der Waals surface area (Å²) in [5.41, 5.74) is 0.652. The lowest BCUT2D eigenvalue weighted by Crippen LogP contribution is -2.14. The Morgan fingerprint density at radius 1 is 1.33 bits per heavy atom. The normalized spacial score (nSPS) is 31.8. The predicted molar refractivity (Wildman–Crippen MR) is 69.9 cm³/mol. The molecule has 0 aromatic heterocycles. The topological polar surface area (TPSA) is 20.2 Å². The van der Waals surface area contributed by atoms with Crippen molar-refractivity contribution in [2.45, 2.75) is 38.2 Å². The van der Waals surface area contributed by atoms with Gasteiger partial charge < -0.3 is 5.11 Å². The van der Waals surface area contributed by atoms with Crippen molar-refractivity contribution in [2.75, 3.05) is 0 Å². The summed E-state index contributed by atoms with van der Waals surface area (Å²) < 4.78 is 13.4. The van der Waals surface area contributed by atoms with Crippen molar-refractivity contribution >= 4 is 11.6 Å². The maximum atomic E-state index is 13.4. The highest BCUT2D eigenvalue weighted by molar-refractivity contribution is 6.30. The Morgan fingerprint density at radius 3 is 2.78 bits per heavy atom. The zero-order chi connectivity index (χ0) is 12.7. The van der Waals surface area contributed by atoms with Gasteiger partial charge in [-0.25, -0.2) is 4.39 Å². The number of fused-ring (bicyclic) bond motifs is 2. The molecule has 3 rings (SSSR count). The molecule has 3 heteroatoms. The molecule has 2 saturated carbocycles. The summed E-state index contributed by atoms with van der Waals surface area (Å²) in [6.07, 6.45) is 5.48. The lowest BCUT2D eigenvalue weighted by Gasteiger charge is -2.24. The number of halogens is 2. The van der Waals surface area contributed by atoms with Gasteiger partial charge in [-0.15, -0.1) is 0 Å². The fourth-order valence-corrected chi connectivity index (χ4v) is 3.93. The van der Waals surface area contributed by atoms with Gasteiger partial charge in [-0.1, -0.05) is 24.1 Å². The summed E-state index contributed by atoms with van der Waals surface area (Å²) in [4.78, 5) is 0. The number of aliphatic hydroxyl groups excluding tert-OH is 1. The zero-order valence-corrected chi connectivity index (χ0v) is 11.0. The summed E-state index contributed by atoms with van der Waals surface area (Å²) >= 11 is 5.65. The molecule has 0 aliphatic heterocycles. The van der Waals surface area contributed by atoms with Gasteiger partial charge in [0.15, 0.2) is 0 Å². The summed E-state index contributed by atoms with van der Waals surface area (Å²) in [5, 5.41) is 10.3. The van der Waals surface area contributed by atoms with Gasteiger partial charge in [-0.2, -0.15) is 0 Å². The highest BCUT2D eigenvalue weighted by Gasteiger charge is 2.40. The fraction of sp³-hybridized carbons (Fsp3) is 0.600. The van der Waals surface area contributed by atoms with Crippen LogP contribution in [0.25, 0.3) is 0 Å². The molecule has 2 aliphatic rings. The molecule has 2 fully saturated rings. The first kappa shape index (κ1) is 12.4. The second kappa shape index (κ2) is 4.82. The van der Waals surface area contributed by atoms with Crippen LogP contribution in [0.5, 0.6) is 0 Å². The van der Waals surface area contributed by atoms with Gasteiger partial charge >= 0.3 is 0 Å². The zero-order valence-electron chi connectivity index (χ0n) is 10.3. The molecule has 0 amide bonds. The van der Waals surface area contributed by atoms with E-state index in [4.69, 9.17) is 11.6 Å². The molecule has 2 aliphatic carbocycles. The molecule has 0 saturated heterocycles. The molecule has 1 aromatic rings. The molecule has 18 heavy (non-hydrogen) atoms. The third kappa shape index (κ3) is 2.28. The van der Waals surface area contributed by atoms with E-state index in [9.17, 15) is 9.50 Å². The number of rotatable bonds is 3. The second-order valence-corrected chi connectivity index (χ2v) is 6.27. The molecular formula is C15H18ClFO. The Balaban J connectivity index is 1.67. The van der Waals surface area contributed by atoms with E-state index in [0.29, 0.717) is 11.5 Å². The molecule has 1 N–H and O–H groups in total. The summed E-state index contributed by atoms with van der Waals surface area (Å²) in [6, 6.07) is 4.61. The Hall–Kier alpha value is -0.600. The SMILES string of the molecule is OC(CC1CC2CCC1C2)c1ccc(Cl)c(F)c1. The highest BCUT2D eigenvalue weighted by Crippen LogP contribution is 2.50. The van der Waals surface area contributed by atoms with Crippen LogP contribution in [-0.4, -0.2) is 5.11 Å². The van der Waals surface area contributed by atoms with Crippen LogP contribution in [0.3, 0.4) is 0 Å². The highest BCUT2D eigenvalue weighted by atomic mass is 35.5. The predicted octanol–water partition coefficient (Wildman–Crippen LogP) is 4.34. The Labute approximate surface area is 112 Å². The summed E-state index contributed by atoms with van der Waals surface area (Å²) in [6.45, 7) is 0. The van der Waals surface area contributed by atoms with Crippen LogP contribution >= 0.6 is 11.6 Å². The van der Waals surface area contributed by atoms with Crippen LogP contribution in [0.2, 0.25) is 5.02 Å². The summed E-state index contributed by atoms with van der Waals surface area (Å²) in [7, 11) is 0. The maximum absolute atomic E-state index is 13.4. The minimum Gasteiger partial charge on any atom is -0.388 e. The van der Waals surface area contributed by atoms with E-state index in [0.717, 1.165) is 18.3 Å². The molecule has 98 valence electrons. The average Bonchev–Trinajstić information content (AvgIpc) is 2.94. The Bertz CT molecular complexity index is 448. The second-order valence-electron chi connectivity index (χ2n) is 5.86. The van der Waals surface area contributed by atoms with Crippen LogP contribution < -0.4 is 0 Å².